The van der Waals surface area contributed by atoms with E-state index in [9.17, 15) is 0 Å². The zero-order valence-electron chi connectivity index (χ0n) is 11.1. The highest BCUT2D eigenvalue weighted by molar-refractivity contribution is 6.30. The van der Waals surface area contributed by atoms with Gasteiger partial charge in [-0.3, -0.25) is 0 Å². The maximum Gasteiger partial charge on any atom is 0.165 e. The van der Waals surface area contributed by atoms with E-state index in [1.807, 2.05) is 6.07 Å². The second-order valence-electron chi connectivity index (χ2n) is 4.66. The summed E-state index contributed by atoms with van der Waals surface area (Å²) in [5, 5.41) is 0.615. The van der Waals surface area contributed by atoms with E-state index in [0.29, 0.717) is 22.4 Å². The van der Waals surface area contributed by atoms with Crippen LogP contribution in [0.25, 0.3) is 11.4 Å². The second-order valence-corrected chi connectivity index (χ2v) is 5.10. The van der Waals surface area contributed by atoms with Gasteiger partial charge in [0.15, 0.2) is 5.82 Å². The number of aryl methyl sites for hydroxylation is 1. The number of halogens is 1. The van der Waals surface area contributed by atoms with E-state index in [-0.39, 0.29) is 0 Å². The van der Waals surface area contributed by atoms with Gasteiger partial charge in [-0.1, -0.05) is 11.6 Å². The van der Waals surface area contributed by atoms with Gasteiger partial charge in [-0.2, -0.15) is 0 Å². The molecule has 3 rings (SSSR count). The summed E-state index contributed by atoms with van der Waals surface area (Å²) >= 11 is 5.98. The SMILES string of the molecule is COc1cc(Cl)ccc1-c1nc2c(c(NN)n1)CCC2. The summed E-state index contributed by atoms with van der Waals surface area (Å²) in [6, 6.07) is 5.41. The number of benzene rings is 1. The maximum absolute atomic E-state index is 5.98. The number of nitrogen functional groups attached to an aromatic ring is 1. The smallest absolute Gasteiger partial charge is 0.165 e. The number of aromatic nitrogens is 2. The predicted molar refractivity (Wildman–Crippen MR) is 78.9 cm³/mol. The second kappa shape index (κ2) is 5.26. The predicted octanol–water partition coefficient (Wildman–Crippen LogP) is 2.58. The van der Waals surface area contributed by atoms with Gasteiger partial charge >= 0.3 is 0 Å². The number of nitrogens with one attached hydrogen (secondary N) is 1. The molecule has 20 heavy (non-hydrogen) atoms. The third kappa shape index (κ3) is 2.19. The molecule has 0 radical (unpaired) electrons. The third-order valence-electron chi connectivity index (χ3n) is 3.47. The Labute approximate surface area is 122 Å². The fraction of sp³-hybridized carbons (Fsp3) is 0.286. The van der Waals surface area contributed by atoms with Crippen LogP contribution in [0.5, 0.6) is 5.75 Å². The van der Waals surface area contributed by atoms with Gasteiger partial charge in [0, 0.05) is 16.3 Å². The summed E-state index contributed by atoms with van der Waals surface area (Å²) in [6.45, 7) is 0. The number of hydrazine groups is 1. The van der Waals surface area contributed by atoms with E-state index in [1.54, 1.807) is 19.2 Å². The molecule has 1 aliphatic rings. The van der Waals surface area contributed by atoms with Crippen LogP contribution in [0.4, 0.5) is 5.82 Å². The lowest BCUT2D eigenvalue weighted by Gasteiger charge is -2.12. The first kappa shape index (κ1) is 13.1. The quantitative estimate of drug-likeness (QED) is 0.671. The van der Waals surface area contributed by atoms with E-state index in [2.05, 4.69) is 15.4 Å². The molecular formula is C14H15ClN4O. The first-order valence-corrected chi connectivity index (χ1v) is 6.81. The van der Waals surface area contributed by atoms with Crippen molar-refractivity contribution >= 4 is 17.4 Å². The summed E-state index contributed by atoms with van der Waals surface area (Å²) in [7, 11) is 1.60. The number of anilines is 1. The van der Waals surface area contributed by atoms with Crippen LogP contribution in [-0.4, -0.2) is 17.1 Å². The molecule has 0 amide bonds. The number of nitrogens with zero attached hydrogens (tertiary/aromatic N) is 2. The van der Waals surface area contributed by atoms with Gasteiger partial charge in [-0.25, -0.2) is 15.8 Å². The largest absolute Gasteiger partial charge is 0.496 e. The van der Waals surface area contributed by atoms with Crippen molar-refractivity contribution in [2.75, 3.05) is 12.5 Å². The van der Waals surface area contributed by atoms with E-state index in [1.165, 1.54) is 0 Å². The summed E-state index contributed by atoms with van der Waals surface area (Å²) < 4.78 is 5.36. The molecule has 0 saturated carbocycles. The van der Waals surface area contributed by atoms with E-state index in [4.69, 9.17) is 22.2 Å². The Hall–Kier alpha value is -1.85. The molecular weight excluding hydrogens is 276 g/mol. The van der Waals surface area contributed by atoms with Gasteiger partial charge in [0.05, 0.1) is 12.7 Å². The lowest BCUT2D eigenvalue weighted by Crippen LogP contribution is -2.13. The standard InChI is InChI=1S/C14H15ClN4O/c1-20-12-7-8(15)5-6-10(12)13-17-11-4-2-3-9(11)14(18-13)19-16/h5-7H,2-4,16H2,1H3,(H,17,18,19). The molecule has 5 nitrogen and oxygen atoms in total. The lowest BCUT2D eigenvalue weighted by molar-refractivity contribution is 0.416. The van der Waals surface area contributed by atoms with E-state index < -0.39 is 0 Å². The van der Waals surface area contributed by atoms with Crippen LogP contribution in [0, 0.1) is 0 Å². The molecule has 0 spiro atoms. The normalized spacial score (nSPS) is 13.2. The molecule has 6 heteroatoms. The van der Waals surface area contributed by atoms with Gasteiger partial charge in [0.1, 0.15) is 11.6 Å². The summed E-state index contributed by atoms with van der Waals surface area (Å²) in [4.78, 5) is 9.14. The molecule has 1 heterocycles. The molecule has 3 N–H and O–H groups in total. The molecule has 0 bridgehead atoms. The summed E-state index contributed by atoms with van der Waals surface area (Å²) in [5.41, 5.74) is 5.65. The Kier molecular flexibility index (Phi) is 3.46. The monoisotopic (exact) mass is 290 g/mol. The van der Waals surface area contributed by atoms with Crippen molar-refractivity contribution in [2.24, 2.45) is 5.84 Å². The van der Waals surface area contributed by atoms with Crippen LogP contribution in [0.15, 0.2) is 18.2 Å². The van der Waals surface area contributed by atoms with Crippen molar-refractivity contribution in [3.05, 3.63) is 34.5 Å². The highest BCUT2D eigenvalue weighted by Gasteiger charge is 2.20. The number of rotatable bonds is 3. The Balaban J connectivity index is 2.15. The van der Waals surface area contributed by atoms with Crippen LogP contribution >= 0.6 is 11.6 Å². The molecule has 1 aromatic heterocycles. The fourth-order valence-electron chi connectivity index (χ4n) is 2.52. The van der Waals surface area contributed by atoms with Gasteiger partial charge in [-0.15, -0.1) is 0 Å². The summed E-state index contributed by atoms with van der Waals surface area (Å²) in [6.07, 6.45) is 3.00. The number of fused-ring (bicyclic) bond motifs is 1. The van der Waals surface area contributed by atoms with Crippen molar-refractivity contribution in [3.8, 4) is 17.1 Å². The average Bonchev–Trinajstić information content (AvgIpc) is 2.94. The minimum Gasteiger partial charge on any atom is -0.496 e. The van der Waals surface area contributed by atoms with Crippen molar-refractivity contribution in [1.29, 1.82) is 0 Å². The molecule has 2 aromatic rings. The number of hydrogen-bond acceptors (Lipinski definition) is 5. The Morgan fingerprint density at radius 2 is 2.15 bits per heavy atom. The first-order chi connectivity index (χ1) is 9.72. The van der Waals surface area contributed by atoms with Crippen molar-refractivity contribution in [2.45, 2.75) is 19.3 Å². The van der Waals surface area contributed by atoms with Crippen molar-refractivity contribution in [1.82, 2.24) is 9.97 Å². The minimum absolute atomic E-state index is 0.604. The highest BCUT2D eigenvalue weighted by Crippen LogP contribution is 2.34. The molecule has 0 atom stereocenters. The van der Waals surface area contributed by atoms with Crippen molar-refractivity contribution in [3.63, 3.8) is 0 Å². The van der Waals surface area contributed by atoms with Crippen LogP contribution in [0.1, 0.15) is 17.7 Å². The fourth-order valence-corrected chi connectivity index (χ4v) is 2.68. The lowest BCUT2D eigenvalue weighted by atomic mass is 10.1. The van der Waals surface area contributed by atoms with Gasteiger partial charge < -0.3 is 10.2 Å². The van der Waals surface area contributed by atoms with Gasteiger partial charge in [0.25, 0.3) is 0 Å². The molecule has 104 valence electrons. The summed E-state index contributed by atoms with van der Waals surface area (Å²) in [5.74, 6) is 7.52. The van der Waals surface area contributed by atoms with E-state index in [0.717, 1.165) is 36.1 Å². The third-order valence-corrected chi connectivity index (χ3v) is 3.71. The molecule has 1 aliphatic carbocycles. The number of nitrogens with two attached hydrogens (primary N) is 1. The zero-order valence-corrected chi connectivity index (χ0v) is 11.9. The molecule has 1 aromatic carbocycles. The van der Waals surface area contributed by atoms with E-state index >= 15 is 0 Å². The molecule has 0 fully saturated rings. The molecule has 0 aliphatic heterocycles. The van der Waals surface area contributed by atoms with Crippen LogP contribution < -0.4 is 16.0 Å². The van der Waals surface area contributed by atoms with Crippen LogP contribution in [0.3, 0.4) is 0 Å². The topological polar surface area (TPSA) is 73.1 Å². The van der Waals surface area contributed by atoms with Crippen molar-refractivity contribution < 1.29 is 4.74 Å². The Morgan fingerprint density at radius 3 is 2.90 bits per heavy atom. The molecule has 0 unspecified atom stereocenters. The van der Waals surface area contributed by atoms with Crippen LogP contribution in [0.2, 0.25) is 5.02 Å². The highest BCUT2D eigenvalue weighted by atomic mass is 35.5. The van der Waals surface area contributed by atoms with Crippen LogP contribution in [-0.2, 0) is 12.8 Å². The van der Waals surface area contributed by atoms with Gasteiger partial charge in [0.2, 0.25) is 0 Å². The average molecular weight is 291 g/mol. The number of ether oxygens (including phenoxy) is 1. The minimum atomic E-state index is 0.604. The van der Waals surface area contributed by atoms with Gasteiger partial charge in [-0.05, 0) is 37.5 Å². The maximum atomic E-state index is 5.98. The Morgan fingerprint density at radius 1 is 1.30 bits per heavy atom. The first-order valence-electron chi connectivity index (χ1n) is 6.43. The molecule has 0 saturated heterocycles. The number of hydrogen-bond donors (Lipinski definition) is 2. The zero-order chi connectivity index (χ0) is 14.1. The Bertz CT molecular complexity index is 660. The number of methoxy groups -OCH3 is 1.